The number of carbonyl (C=O) groups excluding carboxylic acids is 1. The van der Waals surface area contributed by atoms with E-state index >= 15 is 0 Å². The molecule has 1 N–H and O–H groups in total. The smallest absolute Gasteiger partial charge is 0.263 e. The Balaban J connectivity index is 1.53. The van der Waals surface area contributed by atoms with E-state index in [-0.39, 0.29) is 5.91 Å². The molecule has 1 fully saturated rings. The number of hydrogen-bond acceptors (Lipinski definition) is 3. The number of piperidine rings is 1. The van der Waals surface area contributed by atoms with Crippen LogP contribution in [0.3, 0.4) is 0 Å². The highest BCUT2D eigenvalue weighted by atomic mass is 35.5. The van der Waals surface area contributed by atoms with Crippen molar-refractivity contribution >= 4 is 23.2 Å². The molecule has 3 rings (SSSR count). The molecule has 0 unspecified atom stereocenters. The summed E-state index contributed by atoms with van der Waals surface area (Å²) < 4.78 is 5.83. The van der Waals surface area contributed by atoms with Crippen LogP contribution in [-0.2, 0) is 11.3 Å². The molecule has 0 spiro atoms. The van der Waals surface area contributed by atoms with Crippen LogP contribution in [0.25, 0.3) is 0 Å². The molecule has 27 heavy (non-hydrogen) atoms. The van der Waals surface area contributed by atoms with Crippen LogP contribution >= 0.6 is 11.6 Å². The summed E-state index contributed by atoms with van der Waals surface area (Å²) >= 11 is 5.89. The fraction of sp³-hybridized carbons (Fsp3) is 0.409. The summed E-state index contributed by atoms with van der Waals surface area (Å²) in [6.07, 6.45) is 3.86. The molecule has 1 saturated heterocycles. The quantitative estimate of drug-likeness (QED) is 0.775. The first-order chi connectivity index (χ1) is 12.9. The molecular weight excluding hydrogens is 360 g/mol. The Morgan fingerprint density at radius 1 is 1.04 bits per heavy atom. The van der Waals surface area contributed by atoms with E-state index in [1.807, 2.05) is 0 Å². The van der Waals surface area contributed by atoms with Crippen LogP contribution in [0.5, 0.6) is 5.75 Å². The zero-order valence-corrected chi connectivity index (χ0v) is 16.8. The number of anilines is 1. The van der Waals surface area contributed by atoms with Crippen molar-refractivity contribution in [3.05, 3.63) is 59.1 Å². The Labute approximate surface area is 166 Å². The van der Waals surface area contributed by atoms with Crippen LogP contribution in [-0.4, -0.2) is 24.6 Å². The van der Waals surface area contributed by atoms with Crippen molar-refractivity contribution in [2.24, 2.45) is 0 Å². The van der Waals surface area contributed by atoms with Gasteiger partial charge in [0.05, 0.1) is 0 Å². The number of ether oxygens (including phenoxy) is 1. The minimum Gasteiger partial charge on any atom is -0.478 e. The van der Waals surface area contributed by atoms with E-state index in [0.717, 1.165) is 18.7 Å². The van der Waals surface area contributed by atoms with E-state index in [9.17, 15) is 4.79 Å². The second kappa shape index (κ2) is 8.66. The predicted molar refractivity (Wildman–Crippen MR) is 111 cm³/mol. The third-order valence-electron chi connectivity index (χ3n) is 4.84. The number of nitrogens with one attached hydrogen (secondary N) is 1. The standard InChI is InChI=1S/C22H27ClN2O2/c1-22(2,27-20-12-8-18(23)9-13-20)21(26)24-16-17-6-10-19(11-7-17)25-14-4-3-5-15-25/h6-13H,3-5,14-16H2,1-2H3,(H,24,26). The topological polar surface area (TPSA) is 41.6 Å². The van der Waals surface area contributed by atoms with Gasteiger partial charge in [0.1, 0.15) is 5.75 Å². The van der Waals surface area contributed by atoms with E-state index in [2.05, 4.69) is 34.5 Å². The van der Waals surface area contributed by atoms with Crippen LogP contribution in [0.1, 0.15) is 38.7 Å². The summed E-state index contributed by atoms with van der Waals surface area (Å²) in [6, 6.07) is 15.5. The van der Waals surface area contributed by atoms with Crippen molar-refractivity contribution in [1.29, 1.82) is 0 Å². The van der Waals surface area contributed by atoms with Crippen molar-refractivity contribution in [1.82, 2.24) is 5.32 Å². The monoisotopic (exact) mass is 386 g/mol. The maximum absolute atomic E-state index is 12.6. The third kappa shape index (κ3) is 5.39. The SMILES string of the molecule is CC(C)(Oc1ccc(Cl)cc1)C(=O)NCc1ccc(N2CCCCC2)cc1. The maximum atomic E-state index is 12.6. The van der Waals surface area contributed by atoms with Crippen LogP contribution in [0, 0.1) is 0 Å². The van der Waals surface area contributed by atoms with Gasteiger partial charge in [0.25, 0.3) is 5.91 Å². The Bertz CT molecular complexity index is 751. The van der Waals surface area contributed by atoms with Gasteiger partial charge in [-0.3, -0.25) is 4.79 Å². The molecule has 1 amide bonds. The van der Waals surface area contributed by atoms with Gasteiger partial charge in [-0.25, -0.2) is 0 Å². The second-order valence-corrected chi connectivity index (χ2v) is 7.90. The van der Waals surface area contributed by atoms with Crippen molar-refractivity contribution < 1.29 is 9.53 Å². The average Bonchev–Trinajstić information content (AvgIpc) is 2.69. The molecule has 2 aromatic rings. The highest BCUT2D eigenvalue weighted by molar-refractivity contribution is 6.30. The highest BCUT2D eigenvalue weighted by Gasteiger charge is 2.29. The summed E-state index contributed by atoms with van der Waals surface area (Å²) in [5.74, 6) is 0.461. The van der Waals surface area contributed by atoms with Crippen LogP contribution in [0.4, 0.5) is 5.69 Å². The van der Waals surface area contributed by atoms with Gasteiger partial charge in [0, 0.05) is 30.3 Å². The molecule has 0 saturated carbocycles. The minimum atomic E-state index is -0.971. The van der Waals surface area contributed by atoms with Gasteiger partial charge in [0.15, 0.2) is 5.60 Å². The Morgan fingerprint density at radius 3 is 2.30 bits per heavy atom. The Hall–Kier alpha value is -2.20. The number of amides is 1. The predicted octanol–water partition coefficient (Wildman–Crippen LogP) is 4.80. The van der Waals surface area contributed by atoms with Crippen molar-refractivity contribution in [3.8, 4) is 5.75 Å². The molecule has 0 atom stereocenters. The molecule has 0 bridgehead atoms. The van der Waals surface area contributed by atoms with Gasteiger partial charge >= 0.3 is 0 Å². The first-order valence-corrected chi connectivity index (χ1v) is 9.89. The molecular formula is C22H27ClN2O2. The Morgan fingerprint density at radius 2 is 1.67 bits per heavy atom. The van der Waals surface area contributed by atoms with Crippen LogP contribution < -0.4 is 15.0 Å². The maximum Gasteiger partial charge on any atom is 0.263 e. The molecule has 4 nitrogen and oxygen atoms in total. The lowest BCUT2D eigenvalue weighted by Crippen LogP contribution is -2.46. The van der Waals surface area contributed by atoms with Gasteiger partial charge in [-0.15, -0.1) is 0 Å². The number of nitrogens with zero attached hydrogens (tertiary/aromatic N) is 1. The zero-order valence-electron chi connectivity index (χ0n) is 16.0. The normalized spacial score (nSPS) is 14.7. The summed E-state index contributed by atoms with van der Waals surface area (Å²) in [5, 5.41) is 3.60. The summed E-state index contributed by atoms with van der Waals surface area (Å²) in [6.45, 7) is 6.26. The zero-order chi connectivity index (χ0) is 19.3. The fourth-order valence-electron chi connectivity index (χ4n) is 3.22. The van der Waals surface area contributed by atoms with Gasteiger partial charge < -0.3 is 15.0 Å². The van der Waals surface area contributed by atoms with E-state index in [1.54, 1.807) is 38.1 Å². The molecule has 1 aliphatic rings. The molecule has 5 heteroatoms. The first kappa shape index (κ1) is 19.6. The van der Waals surface area contributed by atoms with Crippen LogP contribution in [0.2, 0.25) is 5.02 Å². The molecule has 0 aromatic heterocycles. The highest BCUT2D eigenvalue weighted by Crippen LogP contribution is 2.22. The lowest BCUT2D eigenvalue weighted by Gasteiger charge is -2.29. The van der Waals surface area contributed by atoms with E-state index < -0.39 is 5.60 Å². The number of benzene rings is 2. The molecule has 1 aliphatic heterocycles. The van der Waals surface area contributed by atoms with Gasteiger partial charge in [-0.2, -0.15) is 0 Å². The first-order valence-electron chi connectivity index (χ1n) is 9.51. The van der Waals surface area contributed by atoms with Crippen molar-refractivity contribution in [2.75, 3.05) is 18.0 Å². The second-order valence-electron chi connectivity index (χ2n) is 7.46. The van der Waals surface area contributed by atoms with E-state index in [4.69, 9.17) is 16.3 Å². The number of rotatable bonds is 6. The van der Waals surface area contributed by atoms with Gasteiger partial charge in [0.2, 0.25) is 0 Å². The summed E-state index contributed by atoms with van der Waals surface area (Å²) in [4.78, 5) is 15.0. The third-order valence-corrected chi connectivity index (χ3v) is 5.10. The van der Waals surface area contributed by atoms with E-state index in [0.29, 0.717) is 17.3 Å². The fourth-order valence-corrected chi connectivity index (χ4v) is 3.34. The van der Waals surface area contributed by atoms with Crippen LogP contribution in [0.15, 0.2) is 48.5 Å². The largest absolute Gasteiger partial charge is 0.478 e. The lowest BCUT2D eigenvalue weighted by atomic mass is 10.1. The molecule has 0 radical (unpaired) electrons. The van der Waals surface area contributed by atoms with Gasteiger partial charge in [-0.1, -0.05) is 23.7 Å². The molecule has 2 aromatic carbocycles. The molecule has 0 aliphatic carbocycles. The van der Waals surface area contributed by atoms with E-state index in [1.165, 1.54) is 24.9 Å². The number of carbonyl (C=O) groups is 1. The summed E-state index contributed by atoms with van der Waals surface area (Å²) in [7, 11) is 0. The lowest BCUT2D eigenvalue weighted by molar-refractivity contribution is -0.134. The van der Waals surface area contributed by atoms with Crippen molar-refractivity contribution in [2.45, 2.75) is 45.3 Å². The minimum absolute atomic E-state index is 0.155. The molecule has 1 heterocycles. The number of halogens is 1. The Kier molecular flexibility index (Phi) is 6.27. The molecule has 144 valence electrons. The number of hydrogen-bond donors (Lipinski definition) is 1. The van der Waals surface area contributed by atoms with Gasteiger partial charge in [-0.05, 0) is 75.1 Å². The average molecular weight is 387 g/mol. The summed E-state index contributed by atoms with van der Waals surface area (Å²) in [5.41, 5.74) is 1.37. The van der Waals surface area contributed by atoms with Crippen molar-refractivity contribution in [3.63, 3.8) is 0 Å².